The highest BCUT2D eigenvalue weighted by atomic mass is 19.1. The van der Waals surface area contributed by atoms with E-state index in [1.54, 1.807) is 6.08 Å². The average molecular weight is 257 g/mol. The molecule has 19 heavy (non-hydrogen) atoms. The van der Waals surface area contributed by atoms with E-state index in [2.05, 4.69) is 0 Å². The number of para-hydroxylation sites is 1. The van der Waals surface area contributed by atoms with Gasteiger partial charge in [-0.2, -0.15) is 0 Å². The molecular formula is C16H16FNO. The Morgan fingerprint density at radius 3 is 2.74 bits per heavy atom. The van der Waals surface area contributed by atoms with Gasteiger partial charge in [-0.3, -0.25) is 0 Å². The Morgan fingerprint density at radius 2 is 2.00 bits per heavy atom. The summed E-state index contributed by atoms with van der Waals surface area (Å²) in [5.74, 6) is 0.589. The molecule has 1 heterocycles. The second kappa shape index (κ2) is 3.73. The summed E-state index contributed by atoms with van der Waals surface area (Å²) in [6.07, 6.45) is 3.20. The maximum absolute atomic E-state index is 15.0. The molecule has 1 aromatic carbocycles. The van der Waals surface area contributed by atoms with E-state index >= 15 is 0 Å². The number of aryl methyl sites for hydroxylation is 1. The molecule has 1 aromatic heterocycles. The lowest BCUT2D eigenvalue weighted by atomic mass is 9.93. The Morgan fingerprint density at radius 1 is 1.26 bits per heavy atom. The van der Waals surface area contributed by atoms with Crippen LogP contribution in [0.4, 0.5) is 4.39 Å². The third-order valence-corrected chi connectivity index (χ3v) is 3.58. The lowest BCUT2D eigenvalue weighted by Gasteiger charge is -2.15. The minimum Gasteiger partial charge on any atom is -0.456 e. The third kappa shape index (κ3) is 1.69. The zero-order valence-electron chi connectivity index (χ0n) is 11.3. The number of alkyl halides is 1. The molecule has 3 rings (SSSR count). The van der Waals surface area contributed by atoms with Gasteiger partial charge in [-0.15, -0.1) is 0 Å². The number of fused-ring (bicyclic) bond motifs is 3. The van der Waals surface area contributed by atoms with Crippen LogP contribution in [-0.4, -0.2) is 0 Å². The molecule has 1 unspecified atom stereocenters. The van der Waals surface area contributed by atoms with E-state index in [-0.39, 0.29) is 0 Å². The fourth-order valence-corrected chi connectivity index (χ4v) is 2.77. The largest absolute Gasteiger partial charge is 0.456 e. The standard InChI is InChI=1S/C16H16FNO/c1-9-5-4-6-12-13-15(19-14(9)12)10(2)7-11(18)8-16(13,3)17/h4-8H,18H2,1-3H3. The molecule has 2 nitrogen and oxygen atoms in total. The SMILES string of the molecule is CC1=CC(N)=CC(C)(F)c2c1oc1c(C)cccc21. The summed E-state index contributed by atoms with van der Waals surface area (Å²) in [5.41, 5.74) is 7.78. The molecule has 0 fully saturated rings. The fraction of sp³-hybridized carbons (Fsp3) is 0.250. The molecule has 0 amide bonds. The van der Waals surface area contributed by atoms with Gasteiger partial charge < -0.3 is 10.2 Å². The van der Waals surface area contributed by atoms with Crippen molar-refractivity contribution in [2.24, 2.45) is 5.73 Å². The first-order chi connectivity index (χ1) is 8.90. The van der Waals surface area contributed by atoms with Crippen LogP contribution >= 0.6 is 0 Å². The molecular weight excluding hydrogens is 241 g/mol. The van der Waals surface area contributed by atoms with Gasteiger partial charge in [0.05, 0.1) is 0 Å². The van der Waals surface area contributed by atoms with Gasteiger partial charge >= 0.3 is 0 Å². The van der Waals surface area contributed by atoms with Crippen LogP contribution in [0.25, 0.3) is 16.5 Å². The van der Waals surface area contributed by atoms with Gasteiger partial charge in [-0.25, -0.2) is 4.39 Å². The summed E-state index contributed by atoms with van der Waals surface area (Å²) in [5, 5.41) is 0.818. The van der Waals surface area contributed by atoms with Gasteiger partial charge in [0.25, 0.3) is 0 Å². The normalized spacial score (nSPS) is 22.7. The van der Waals surface area contributed by atoms with Crippen LogP contribution in [0.3, 0.4) is 0 Å². The first kappa shape index (κ1) is 12.0. The molecule has 0 bridgehead atoms. The van der Waals surface area contributed by atoms with Crippen LogP contribution in [0.1, 0.15) is 30.7 Å². The number of benzene rings is 1. The van der Waals surface area contributed by atoms with E-state index in [1.807, 2.05) is 32.0 Å². The highest BCUT2D eigenvalue weighted by Gasteiger charge is 2.34. The predicted octanol–water partition coefficient (Wildman–Crippen LogP) is 4.19. The second-order valence-electron chi connectivity index (χ2n) is 5.31. The Labute approximate surface area is 111 Å². The van der Waals surface area contributed by atoms with Crippen LogP contribution in [0, 0.1) is 6.92 Å². The second-order valence-corrected chi connectivity index (χ2v) is 5.31. The Hall–Kier alpha value is -2.03. The van der Waals surface area contributed by atoms with Gasteiger partial charge in [-0.05, 0) is 44.1 Å². The van der Waals surface area contributed by atoms with Crippen molar-refractivity contribution >= 4 is 16.5 Å². The van der Waals surface area contributed by atoms with Crippen molar-refractivity contribution < 1.29 is 8.81 Å². The van der Waals surface area contributed by atoms with Crippen LogP contribution in [0.5, 0.6) is 0 Å². The van der Waals surface area contributed by atoms with Gasteiger partial charge in [-0.1, -0.05) is 18.2 Å². The lowest BCUT2D eigenvalue weighted by molar-refractivity contribution is 0.262. The van der Waals surface area contributed by atoms with E-state index < -0.39 is 5.67 Å². The maximum atomic E-state index is 15.0. The molecule has 0 radical (unpaired) electrons. The monoisotopic (exact) mass is 257 g/mol. The van der Waals surface area contributed by atoms with Crippen molar-refractivity contribution in [1.82, 2.24) is 0 Å². The van der Waals surface area contributed by atoms with Crippen molar-refractivity contribution in [3.8, 4) is 0 Å². The summed E-state index contributed by atoms with van der Waals surface area (Å²) in [6.45, 7) is 5.37. The van der Waals surface area contributed by atoms with E-state index in [4.69, 9.17) is 10.2 Å². The van der Waals surface area contributed by atoms with Gasteiger partial charge in [0, 0.05) is 16.6 Å². The molecule has 2 aromatic rings. The Balaban J connectivity index is 2.46. The Kier molecular flexibility index (Phi) is 2.36. The van der Waals surface area contributed by atoms with Crippen molar-refractivity contribution in [1.29, 1.82) is 0 Å². The fourth-order valence-electron chi connectivity index (χ4n) is 2.77. The highest BCUT2D eigenvalue weighted by molar-refractivity contribution is 5.90. The van der Waals surface area contributed by atoms with Gasteiger partial charge in [0.15, 0.2) is 5.67 Å². The van der Waals surface area contributed by atoms with E-state index in [0.717, 1.165) is 22.1 Å². The van der Waals surface area contributed by atoms with Crippen LogP contribution in [-0.2, 0) is 5.67 Å². The summed E-state index contributed by atoms with van der Waals surface area (Å²) >= 11 is 0. The van der Waals surface area contributed by atoms with Gasteiger partial charge in [0.1, 0.15) is 11.3 Å². The highest BCUT2D eigenvalue weighted by Crippen LogP contribution is 2.43. The van der Waals surface area contributed by atoms with Crippen molar-refractivity contribution in [2.45, 2.75) is 26.4 Å². The predicted molar refractivity (Wildman–Crippen MR) is 75.3 cm³/mol. The number of rotatable bonds is 0. The molecule has 1 aliphatic rings. The summed E-state index contributed by atoms with van der Waals surface area (Å²) in [7, 11) is 0. The zero-order valence-corrected chi connectivity index (χ0v) is 11.3. The number of nitrogens with two attached hydrogens (primary N) is 1. The van der Waals surface area contributed by atoms with Crippen molar-refractivity contribution in [3.63, 3.8) is 0 Å². The molecule has 1 atom stereocenters. The molecule has 3 heteroatoms. The summed E-state index contributed by atoms with van der Waals surface area (Å²) in [6, 6.07) is 5.77. The average Bonchev–Trinajstić information content (AvgIpc) is 2.65. The number of halogens is 1. The number of furan rings is 1. The van der Waals surface area contributed by atoms with E-state index in [1.165, 1.54) is 13.0 Å². The minimum atomic E-state index is -1.63. The number of allylic oxidation sites excluding steroid dienone is 3. The third-order valence-electron chi connectivity index (χ3n) is 3.58. The molecule has 0 saturated heterocycles. The molecule has 1 aliphatic carbocycles. The minimum absolute atomic E-state index is 0.426. The molecule has 0 aliphatic heterocycles. The van der Waals surface area contributed by atoms with Crippen molar-refractivity contribution in [3.05, 3.63) is 52.9 Å². The number of hydrogen-bond acceptors (Lipinski definition) is 2. The zero-order chi connectivity index (χ0) is 13.8. The maximum Gasteiger partial charge on any atom is 0.157 e. The van der Waals surface area contributed by atoms with E-state index in [9.17, 15) is 4.39 Å². The van der Waals surface area contributed by atoms with E-state index in [0.29, 0.717) is 17.0 Å². The topological polar surface area (TPSA) is 39.2 Å². The first-order valence-corrected chi connectivity index (χ1v) is 6.28. The summed E-state index contributed by atoms with van der Waals surface area (Å²) in [4.78, 5) is 0. The molecule has 0 saturated carbocycles. The molecule has 2 N–H and O–H groups in total. The molecule has 98 valence electrons. The summed E-state index contributed by atoms with van der Waals surface area (Å²) < 4.78 is 20.9. The lowest BCUT2D eigenvalue weighted by Crippen LogP contribution is -2.13. The van der Waals surface area contributed by atoms with Crippen molar-refractivity contribution in [2.75, 3.05) is 0 Å². The molecule has 0 spiro atoms. The first-order valence-electron chi connectivity index (χ1n) is 6.28. The van der Waals surface area contributed by atoms with Crippen LogP contribution in [0.15, 0.2) is 40.5 Å². The number of hydrogen-bond donors (Lipinski definition) is 1. The Bertz CT molecular complexity index is 735. The van der Waals surface area contributed by atoms with Crippen LogP contribution < -0.4 is 5.73 Å². The quantitative estimate of drug-likeness (QED) is 0.768. The smallest absolute Gasteiger partial charge is 0.157 e. The van der Waals surface area contributed by atoms with Crippen LogP contribution in [0.2, 0.25) is 0 Å². The van der Waals surface area contributed by atoms with Gasteiger partial charge in [0.2, 0.25) is 0 Å².